The summed E-state index contributed by atoms with van der Waals surface area (Å²) in [6, 6.07) is 0. The molecule has 0 fully saturated rings. The highest BCUT2D eigenvalue weighted by Crippen LogP contribution is 2.11. The quantitative estimate of drug-likeness (QED) is 0.472. The maximum absolute atomic E-state index is 10.9. The van der Waals surface area contributed by atoms with Gasteiger partial charge in [-0.2, -0.15) is 0 Å². The molecule has 0 radical (unpaired) electrons. The largest absolute Gasteiger partial charge is 0.355 e. The normalized spacial score (nSPS) is 10.6. The van der Waals surface area contributed by atoms with Gasteiger partial charge in [0.05, 0.1) is 6.54 Å². The molecule has 0 heterocycles. The summed E-state index contributed by atoms with van der Waals surface area (Å²) in [7, 11) is 0. The molecule has 0 unspecified atom stereocenters. The molecule has 0 saturated carbocycles. The predicted octanol–water partition coefficient (Wildman–Crippen LogP) is 3.76. The van der Waals surface area contributed by atoms with E-state index in [4.69, 9.17) is 5.73 Å². The number of amides is 1. The van der Waals surface area contributed by atoms with Crippen LogP contribution in [0, 0.1) is 0 Å². The molecule has 0 saturated heterocycles. The fourth-order valence-electron chi connectivity index (χ4n) is 2.27. The Morgan fingerprint density at radius 3 is 1.63 bits per heavy atom. The lowest BCUT2D eigenvalue weighted by Gasteiger charge is -2.04. The van der Waals surface area contributed by atoms with Crippen LogP contribution in [0.3, 0.4) is 0 Å². The highest BCUT2D eigenvalue weighted by atomic mass is 16.1. The Labute approximate surface area is 119 Å². The Morgan fingerprint density at radius 2 is 1.21 bits per heavy atom. The van der Waals surface area contributed by atoms with Crippen LogP contribution in [0.1, 0.15) is 84.0 Å². The number of nitrogens with one attached hydrogen (secondary N) is 1. The fraction of sp³-hybridized carbons (Fsp3) is 0.938. The zero-order valence-electron chi connectivity index (χ0n) is 12.9. The van der Waals surface area contributed by atoms with Gasteiger partial charge in [-0.3, -0.25) is 4.79 Å². The van der Waals surface area contributed by atoms with Gasteiger partial charge in [0.25, 0.3) is 0 Å². The molecule has 0 spiro atoms. The Balaban J connectivity index is 2.97. The number of unbranched alkanes of at least 4 members (excludes halogenated alkanes) is 11. The molecule has 114 valence electrons. The fourth-order valence-corrected chi connectivity index (χ4v) is 2.27. The average Bonchev–Trinajstić information content (AvgIpc) is 2.43. The van der Waals surface area contributed by atoms with Crippen molar-refractivity contribution in [3.05, 3.63) is 0 Å². The predicted molar refractivity (Wildman–Crippen MR) is 83.1 cm³/mol. The third kappa shape index (κ3) is 15.4. The third-order valence-electron chi connectivity index (χ3n) is 3.54. The zero-order chi connectivity index (χ0) is 14.2. The summed E-state index contributed by atoms with van der Waals surface area (Å²) in [5.74, 6) is -0.0388. The first-order chi connectivity index (χ1) is 9.31. The molecule has 0 aromatic rings. The minimum Gasteiger partial charge on any atom is -0.355 e. The third-order valence-corrected chi connectivity index (χ3v) is 3.54. The van der Waals surface area contributed by atoms with Gasteiger partial charge < -0.3 is 11.1 Å². The van der Waals surface area contributed by atoms with Gasteiger partial charge in [-0.1, -0.05) is 77.6 Å². The van der Waals surface area contributed by atoms with Crippen molar-refractivity contribution in [2.24, 2.45) is 5.73 Å². The molecule has 3 heteroatoms. The van der Waals surface area contributed by atoms with Gasteiger partial charge in [0.2, 0.25) is 5.91 Å². The summed E-state index contributed by atoms with van der Waals surface area (Å²) in [6.45, 7) is 3.16. The molecule has 0 aromatic carbocycles. The molecule has 3 N–H and O–H groups in total. The Morgan fingerprint density at radius 1 is 0.789 bits per heavy atom. The molecule has 0 atom stereocenters. The van der Waals surface area contributed by atoms with E-state index in [0.717, 1.165) is 13.0 Å². The molecule has 0 aromatic heterocycles. The lowest BCUT2D eigenvalue weighted by molar-refractivity contribution is -0.119. The van der Waals surface area contributed by atoms with Crippen LogP contribution in [0.2, 0.25) is 0 Å². The molecule has 0 aliphatic heterocycles. The van der Waals surface area contributed by atoms with Gasteiger partial charge in [0.15, 0.2) is 0 Å². The van der Waals surface area contributed by atoms with E-state index >= 15 is 0 Å². The topological polar surface area (TPSA) is 55.1 Å². The second-order valence-electron chi connectivity index (χ2n) is 5.44. The van der Waals surface area contributed by atoms with Crippen molar-refractivity contribution in [1.82, 2.24) is 5.32 Å². The van der Waals surface area contributed by atoms with Crippen LogP contribution in [-0.4, -0.2) is 19.0 Å². The number of carbonyl (C=O) groups is 1. The van der Waals surface area contributed by atoms with Crippen molar-refractivity contribution in [2.45, 2.75) is 84.0 Å². The van der Waals surface area contributed by atoms with Crippen molar-refractivity contribution < 1.29 is 4.79 Å². The molecular weight excluding hydrogens is 236 g/mol. The zero-order valence-corrected chi connectivity index (χ0v) is 12.9. The van der Waals surface area contributed by atoms with Gasteiger partial charge in [0, 0.05) is 6.54 Å². The van der Waals surface area contributed by atoms with E-state index in [1.54, 1.807) is 0 Å². The first-order valence-corrected chi connectivity index (χ1v) is 8.28. The maximum Gasteiger partial charge on any atom is 0.233 e. The van der Waals surface area contributed by atoms with Crippen molar-refractivity contribution >= 4 is 5.91 Å². The first-order valence-electron chi connectivity index (χ1n) is 8.28. The van der Waals surface area contributed by atoms with Crippen molar-refractivity contribution in [1.29, 1.82) is 0 Å². The SMILES string of the molecule is CCCCCCCCCCCCCCNC(=O)CN. The standard InChI is InChI=1S/C16H34N2O/c1-2-3-4-5-6-7-8-9-10-11-12-13-14-18-16(19)15-17/h2-15,17H2,1H3,(H,18,19). The van der Waals surface area contributed by atoms with Crippen LogP contribution >= 0.6 is 0 Å². The molecule has 0 bridgehead atoms. The minimum atomic E-state index is -0.0388. The molecule has 0 aliphatic rings. The molecule has 0 aliphatic carbocycles. The number of nitrogens with two attached hydrogens (primary N) is 1. The molecule has 19 heavy (non-hydrogen) atoms. The van der Waals surface area contributed by atoms with E-state index in [0.29, 0.717) is 0 Å². The number of carbonyl (C=O) groups excluding carboxylic acids is 1. The van der Waals surface area contributed by atoms with Crippen LogP contribution in [-0.2, 0) is 4.79 Å². The van der Waals surface area contributed by atoms with Crippen LogP contribution < -0.4 is 11.1 Å². The van der Waals surface area contributed by atoms with E-state index in [2.05, 4.69) is 12.2 Å². The second-order valence-corrected chi connectivity index (χ2v) is 5.44. The van der Waals surface area contributed by atoms with E-state index in [-0.39, 0.29) is 12.5 Å². The molecule has 1 amide bonds. The van der Waals surface area contributed by atoms with Crippen LogP contribution in [0.25, 0.3) is 0 Å². The lowest BCUT2D eigenvalue weighted by atomic mass is 10.1. The summed E-state index contributed by atoms with van der Waals surface area (Å²) in [5, 5.41) is 2.80. The summed E-state index contributed by atoms with van der Waals surface area (Å²) in [4.78, 5) is 10.9. The lowest BCUT2D eigenvalue weighted by Crippen LogP contribution is -2.30. The van der Waals surface area contributed by atoms with Gasteiger partial charge >= 0.3 is 0 Å². The van der Waals surface area contributed by atoms with Crippen molar-refractivity contribution in [3.8, 4) is 0 Å². The molecular formula is C16H34N2O. The van der Waals surface area contributed by atoms with Crippen LogP contribution in [0.4, 0.5) is 0 Å². The van der Waals surface area contributed by atoms with Crippen LogP contribution in [0.5, 0.6) is 0 Å². The number of hydrogen-bond acceptors (Lipinski definition) is 2. The van der Waals surface area contributed by atoms with Gasteiger partial charge in [-0.05, 0) is 6.42 Å². The Hall–Kier alpha value is -0.570. The maximum atomic E-state index is 10.9. The summed E-state index contributed by atoms with van der Waals surface area (Å²) < 4.78 is 0. The molecule has 0 rings (SSSR count). The minimum absolute atomic E-state index is 0.0388. The number of rotatable bonds is 14. The van der Waals surface area contributed by atoms with Crippen LogP contribution in [0.15, 0.2) is 0 Å². The number of hydrogen-bond donors (Lipinski definition) is 2. The summed E-state index contributed by atoms with van der Waals surface area (Å²) in [5.41, 5.74) is 5.21. The van der Waals surface area contributed by atoms with Gasteiger partial charge in [-0.15, -0.1) is 0 Å². The highest BCUT2D eigenvalue weighted by Gasteiger charge is 1.96. The summed E-state index contributed by atoms with van der Waals surface area (Å²) >= 11 is 0. The summed E-state index contributed by atoms with van der Waals surface area (Å²) in [6.07, 6.45) is 16.2. The van der Waals surface area contributed by atoms with Gasteiger partial charge in [-0.25, -0.2) is 0 Å². The van der Waals surface area contributed by atoms with E-state index < -0.39 is 0 Å². The van der Waals surface area contributed by atoms with Gasteiger partial charge in [0.1, 0.15) is 0 Å². The monoisotopic (exact) mass is 270 g/mol. The first kappa shape index (κ1) is 18.4. The van der Waals surface area contributed by atoms with Crippen molar-refractivity contribution in [3.63, 3.8) is 0 Å². The average molecular weight is 270 g/mol. The van der Waals surface area contributed by atoms with E-state index in [9.17, 15) is 4.79 Å². The molecule has 3 nitrogen and oxygen atoms in total. The van der Waals surface area contributed by atoms with E-state index in [1.807, 2.05) is 0 Å². The van der Waals surface area contributed by atoms with E-state index in [1.165, 1.54) is 70.6 Å². The Kier molecular flexibility index (Phi) is 15.0. The second kappa shape index (κ2) is 15.5. The van der Waals surface area contributed by atoms with Crippen molar-refractivity contribution in [2.75, 3.05) is 13.1 Å². The Bertz CT molecular complexity index is 195. The highest BCUT2D eigenvalue weighted by molar-refractivity contribution is 5.77. The smallest absolute Gasteiger partial charge is 0.233 e.